The molecule has 2 heterocycles. The third-order valence-electron chi connectivity index (χ3n) is 3.33. The Morgan fingerprint density at radius 3 is 3.00 bits per heavy atom. The van der Waals surface area contributed by atoms with Crippen LogP contribution in [0, 0.1) is 0 Å². The van der Waals surface area contributed by atoms with Gasteiger partial charge in [0, 0.05) is 18.8 Å². The molecule has 2 saturated heterocycles. The molecule has 0 spiro atoms. The average Bonchev–Trinajstić information content (AvgIpc) is 2.71. The topological polar surface area (TPSA) is 18.5 Å². The molecule has 2 aliphatic rings. The second-order valence-corrected chi connectivity index (χ2v) is 6.98. The molecule has 2 rings (SSSR count). The van der Waals surface area contributed by atoms with Crippen LogP contribution in [0.25, 0.3) is 0 Å². The lowest BCUT2D eigenvalue weighted by Gasteiger charge is -2.23. The zero-order valence-corrected chi connectivity index (χ0v) is 9.65. The summed E-state index contributed by atoms with van der Waals surface area (Å²) in [5.41, 5.74) is 0.836. The van der Waals surface area contributed by atoms with Crippen LogP contribution in [0.5, 0.6) is 0 Å². The van der Waals surface area contributed by atoms with Gasteiger partial charge in [-0.25, -0.2) is 0 Å². The summed E-state index contributed by atoms with van der Waals surface area (Å²) >= 11 is 0. The third kappa shape index (κ3) is 2.14. The first-order chi connectivity index (χ1) is 6.42. The predicted molar refractivity (Wildman–Crippen MR) is 55.5 cm³/mol. The minimum Gasteiger partial charge on any atom is -0.420 e. The number of ether oxygens (including phenoxy) is 1. The summed E-state index contributed by atoms with van der Waals surface area (Å²) < 4.78 is 11.7. The summed E-state index contributed by atoms with van der Waals surface area (Å²) in [5, 5.41) is 0. The molecule has 0 amide bonds. The number of hydrogen-bond donors (Lipinski definition) is 0. The molecule has 0 aromatic carbocycles. The van der Waals surface area contributed by atoms with Crippen molar-refractivity contribution in [3.63, 3.8) is 0 Å². The average molecular weight is 200 g/mol. The van der Waals surface area contributed by atoms with E-state index in [9.17, 15) is 0 Å². The van der Waals surface area contributed by atoms with Crippen LogP contribution in [0.1, 0.15) is 32.6 Å². The van der Waals surface area contributed by atoms with Crippen LogP contribution in [0.4, 0.5) is 0 Å². The van der Waals surface area contributed by atoms with Gasteiger partial charge in [0.25, 0.3) is 0 Å². The van der Waals surface area contributed by atoms with E-state index in [1.54, 1.807) is 0 Å². The molecular weight excluding hydrogens is 180 g/mol. The highest BCUT2D eigenvalue weighted by Crippen LogP contribution is 2.39. The van der Waals surface area contributed by atoms with Gasteiger partial charge in [-0.1, -0.05) is 6.42 Å². The molecule has 3 atom stereocenters. The molecule has 13 heavy (non-hydrogen) atoms. The third-order valence-corrected chi connectivity index (χ3v) is 6.78. The first kappa shape index (κ1) is 9.68. The molecule has 3 unspecified atom stereocenters. The fourth-order valence-electron chi connectivity index (χ4n) is 2.74. The van der Waals surface area contributed by atoms with E-state index in [0.717, 1.165) is 18.8 Å². The maximum absolute atomic E-state index is 5.89. The molecule has 0 aliphatic carbocycles. The normalized spacial score (nSPS) is 39.9. The molecule has 0 saturated carbocycles. The van der Waals surface area contributed by atoms with E-state index in [1.807, 2.05) is 0 Å². The van der Waals surface area contributed by atoms with Gasteiger partial charge < -0.3 is 9.16 Å². The SMILES string of the molecule is CCO[SiH]1CCCC1C1CCCO1. The lowest BCUT2D eigenvalue weighted by molar-refractivity contribution is 0.0993. The first-order valence-corrected chi connectivity index (χ1v) is 7.60. The second-order valence-electron chi connectivity index (χ2n) is 4.14. The Morgan fingerprint density at radius 1 is 1.38 bits per heavy atom. The summed E-state index contributed by atoms with van der Waals surface area (Å²) in [6.45, 7) is 4.03. The van der Waals surface area contributed by atoms with Crippen LogP contribution < -0.4 is 0 Å². The predicted octanol–water partition coefficient (Wildman–Crippen LogP) is 2.09. The zero-order valence-electron chi connectivity index (χ0n) is 8.50. The minimum absolute atomic E-state index is 0.575. The second kappa shape index (κ2) is 4.58. The van der Waals surface area contributed by atoms with Gasteiger partial charge in [0.1, 0.15) is 0 Å². The van der Waals surface area contributed by atoms with Crippen molar-refractivity contribution < 1.29 is 9.16 Å². The quantitative estimate of drug-likeness (QED) is 0.650. The van der Waals surface area contributed by atoms with Gasteiger partial charge in [-0.05, 0) is 32.2 Å². The molecule has 0 bridgehead atoms. The van der Waals surface area contributed by atoms with Crippen molar-refractivity contribution in [2.24, 2.45) is 0 Å². The van der Waals surface area contributed by atoms with Crippen LogP contribution in [0.3, 0.4) is 0 Å². The van der Waals surface area contributed by atoms with Gasteiger partial charge >= 0.3 is 0 Å². The maximum atomic E-state index is 5.89. The largest absolute Gasteiger partial charge is 0.420 e. The van der Waals surface area contributed by atoms with Crippen LogP contribution >= 0.6 is 0 Å². The fourth-order valence-corrected chi connectivity index (χ4v) is 6.04. The Kier molecular flexibility index (Phi) is 3.41. The fraction of sp³-hybridized carbons (Fsp3) is 1.00. The standard InChI is InChI=1S/C10H20O2Si/c1-2-12-13-8-4-6-10(13)9-5-3-7-11-9/h9-10,13H,2-8H2,1H3. The van der Waals surface area contributed by atoms with E-state index >= 15 is 0 Å². The summed E-state index contributed by atoms with van der Waals surface area (Å²) in [6, 6.07) is 1.39. The lowest BCUT2D eigenvalue weighted by Crippen LogP contribution is -2.28. The Bertz CT molecular complexity index is 157. The van der Waals surface area contributed by atoms with Crippen molar-refractivity contribution in [3.8, 4) is 0 Å². The van der Waals surface area contributed by atoms with Crippen molar-refractivity contribution in [1.29, 1.82) is 0 Å². The monoisotopic (exact) mass is 200 g/mol. The summed E-state index contributed by atoms with van der Waals surface area (Å²) in [5.74, 6) is 0. The molecule has 0 aromatic rings. The molecule has 0 N–H and O–H groups in total. The molecule has 2 aliphatic heterocycles. The van der Waals surface area contributed by atoms with Crippen molar-refractivity contribution in [1.82, 2.24) is 0 Å². The maximum Gasteiger partial charge on any atom is 0.182 e. The zero-order chi connectivity index (χ0) is 9.10. The van der Waals surface area contributed by atoms with Crippen molar-refractivity contribution >= 4 is 9.04 Å². The van der Waals surface area contributed by atoms with Gasteiger partial charge in [0.05, 0.1) is 6.10 Å². The van der Waals surface area contributed by atoms with Crippen molar-refractivity contribution in [2.45, 2.75) is 50.3 Å². The number of hydrogen-bond acceptors (Lipinski definition) is 2. The van der Waals surface area contributed by atoms with E-state index in [1.165, 1.54) is 31.7 Å². The Morgan fingerprint density at radius 2 is 2.31 bits per heavy atom. The summed E-state index contributed by atoms with van der Waals surface area (Å²) in [4.78, 5) is 0. The summed E-state index contributed by atoms with van der Waals surface area (Å²) in [7, 11) is -0.874. The highest BCUT2D eigenvalue weighted by molar-refractivity contribution is 6.54. The molecule has 3 heteroatoms. The highest BCUT2D eigenvalue weighted by Gasteiger charge is 2.37. The Hall–Kier alpha value is 0.137. The first-order valence-electron chi connectivity index (χ1n) is 5.65. The minimum atomic E-state index is -0.874. The summed E-state index contributed by atoms with van der Waals surface area (Å²) in [6.07, 6.45) is 5.91. The van der Waals surface area contributed by atoms with E-state index < -0.39 is 9.04 Å². The van der Waals surface area contributed by atoms with Gasteiger partial charge in [0.15, 0.2) is 9.04 Å². The van der Waals surface area contributed by atoms with Gasteiger partial charge in [0.2, 0.25) is 0 Å². The van der Waals surface area contributed by atoms with Gasteiger partial charge in [-0.3, -0.25) is 0 Å². The number of rotatable bonds is 3. The van der Waals surface area contributed by atoms with E-state index in [0.29, 0.717) is 6.10 Å². The molecule has 76 valence electrons. The Labute approximate surface area is 82.3 Å². The van der Waals surface area contributed by atoms with Crippen LogP contribution in [0.2, 0.25) is 11.6 Å². The lowest BCUT2D eigenvalue weighted by atomic mass is 10.1. The molecule has 0 radical (unpaired) electrons. The molecule has 0 aromatic heterocycles. The van der Waals surface area contributed by atoms with Gasteiger partial charge in [-0.2, -0.15) is 0 Å². The molecule has 2 nitrogen and oxygen atoms in total. The van der Waals surface area contributed by atoms with E-state index in [-0.39, 0.29) is 0 Å². The van der Waals surface area contributed by atoms with Crippen molar-refractivity contribution in [3.05, 3.63) is 0 Å². The smallest absolute Gasteiger partial charge is 0.182 e. The van der Waals surface area contributed by atoms with Crippen LogP contribution in [-0.2, 0) is 9.16 Å². The van der Waals surface area contributed by atoms with Crippen LogP contribution in [0.15, 0.2) is 0 Å². The van der Waals surface area contributed by atoms with Crippen molar-refractivity contribution in [2.75, 3.05) is 13.2 Å². The van der Waals surface area contributed by atoms with E-state index in [4.69, 9.17) is 9.16 Å². The molecular formula is C10H20O2Si. The molecule has 2 fully saturated rings. The Balaban J connectivity index is 1.88. The van der Waals surface area contributed by atoms with Crippen LogP contribution in [-0.4, -0.2) is 28.4 Å². The van der Waals surface area contributed by atoms with E-state index in [2.05, 4.69) is 6.92 Å². The highest BCUT2D eigenvalue weighted by atomic mass is 28.3. The van der Waals surface area contributed by atoms with Gasteiger partial charge in [-0.15, -0.1) is 0 Å².